The number of ether oxygens (including phenoxy) is 1. The second kappa shape index (κ2) is 9.22. The van der Waals surface area contributed by atoms with Crippen molar-refractivity contribution in [2.45, 2.75) is 19.8 Å². The number of aromatic nitrogens is 2. The van der Waals surface area contributed by atoms with Crippen LogP contribution in [-0.4, -0.2) is 40.7 Å². The molecule has 0 unspecified atom stereocenters. The van der Waals surface area contributed by atoms with E-state index in [2.05, 4.69) is 10.2 Å². The van der Waals surface area contributed by atoms with Crippen molar-refractivity contribution in [1.29, 1.82) is 0 Å². The Labute approximate surface area is 194 Å². The Morgan fingerprint density at radius 3 is 2.30 bits per heavy atom. The van der Waals surface area contributed by atoms with Crippen molar-refractivity contribution < 1.29 is 14.3 Å². The molecule has 1 saturated heterocycles. The summed E-state index contributed by atoms with van der Waals surface area (Å²) in [6, 6.07) is 7.10. The molecule has 1 N–H and O–H groups in total. The first-order valence-corrected chi connectivity index (χ1v) is 11.7. The van der Waals surface area contributed by atoms with Crippen molar-refractivity contribution in [1.82, 2.24) is 9.13 Å². The third-order valence-electron chi connectivity index (χ3n) is 6.06. The van der Waals surface area contributed by atoms with E-state index in [4.69, 9.17) is 4.74 Å². The fraction of sp³-hybridized carbons (Fsp3) is 0.391. The number of nitrogens with zero attached hydrogens (tertiary/aromatic N) is 3. The van der Waals surface area contributed by atoms with Gasteiger partial charge in [-0.1, -0.05) is 6.07 Å². The number of esters is 1. The molecule has 0 aliphatic carbocycles. The van der Waals surface area contributed by atoms with Gasteiger partial charge in [0.25, 0.3) is 5.91 Å². The van der Waals surface area contributed by atoms with Crippen LogP contribution in [0, 0.1) is 5.92 Å². The number of carbonyl (C=O) groups excluding carboxylic acids is 2. The number of aryl methyl sites for hydroxylation is 2. The van der Waals surface area contributed by atoms with Gasteiger partial charge in [0.2, 0.25) is 0 Å². The predicted molar refractivity (Wildman–Crippen MR) is 128 cm³/mol. The average Bonchev–Trinajstić information content (AvgIpc) is 3.37. The maximum atomic E-state index is 12.8. The van der Waals surface area contributed by atoms with Crippen LogP contribution in [0.4, 0.5) is 11.4 Å². The molecule has 174 valence electrons. The van der Waals surface area contributed by atoms with Gasteiger partial charge in [-0.3, -0.25) is 19.2 Å². The van der Waals surface area contributed by atoms with E-state index in [1.807, 2.05) is 11.4 Å². The van der Waals surface area contributed by atoms with Crippen molar-refractivity contribution in [3.8, 4) is 0 Å². The van der Waals surface area contributed by atoms with Gasteiger partial charge in [-0.2, -0.15) is 0 Å². The highest BCUT2D eigenvalue weighted by Crippen LogP contribution is 2.34. The molecule has 33 heavy (non-hydrogen) atoms. The van der Waals surface area contributed by atoms with E-state index in [-0.39, 0.29) is 17.8 Å². The molecule has 4 rings (SSSR count). The van der Waals surface area contributed by atoms with Crippen molar-refractivity contribution >= 4 is 45.6 Å². The molecule has 1 aliphatic rings. The summed E-state index contributed by atoms with van der Waals surface area (Å²) in [6.07, 6.45) is 1.25. The average molecular weight is 471 g/mol. The van der Waals surface area contributed by atoms with E-state index < -0.39 is 11.1 Å². The number of anilines is 2. The Kier molecular flexibility index (Phi) is 6.37. The van der Waals surface area contributed by atoms with Crippen LogP contribution in [0.15, 0.2) is 39.2 Å². The summed E-state index contributed by atoms with van der Waals surface area (Å²) in [5.41, 5.74) is 1.15. The second-order valence-electron chi connectivity index (χ2n) is 8.03. The third-order valence-corrected chi connectivity index (χ3v) is 6.93. The SMILES string of the molecule is CCOC(=O)C1CCN(c2cc3c(cc2NC(=O)c2cccs2)n(C)c(=O)c(=O)n3C)CC1. The molecule has 1 aliphatic heterocycles. The fourth-order valence-corrected chi connectivity index (χ4v) is 4.80. The number of nitrogens with one attached hydrogen (secondary N) is 1. The molecular weight excluding hydrogens is 444 g/mol. The first-order chi connectivity index (χ1) is 15.8. The highest BCUT2D eigenvalue weighted by atomic mass is 32.1. The van der Waals surface area contributed by atoms with E-state index in [1.165, 1.54) is 20.5 Å². The lowest BCUT2D eigenvalue weighted by Gasteiger charge is -2.34. The molecule has 0 bridgehead atoms. The zero-order chi connectivity index (χ0) is 23.7. The van der Waals surface area contributed by atoms with E-state index in [0.29, 0.717) is 54.1 Å². The lowest BCUT2D eigenvalue weighted by Crippen LogP contribution is -2.40. The van der Waals surface area contributed by atoms with Gasteiger partial charge in [-0.05, 0) is 43.3 Å². The zero-order valence-corrected chi connectivity index (χ0v) is 19.6. The first-order valence-electron chi connectivity index (χ1n) is 10.8. The van der Waals surface area contributed by atoms with Crippen LogP contribution in [0.5, 0.6) is 0 Å². The number of rotatable bonds is 5. The summed E-state index contributed by atoms with van der Waals surface area (Å²) in [4.78, 5) is 52.4. The summed E-state index contributed by atoms with van der Waals surface area (Å²) in [6.45, 7) is 3.34. The summed E-state index contributed by atoms with van der Waals surface area (Å²) in [5.74, 6) is -0.586. The number of hydrogen-bond donors (Lipinski definition) is 1. The number of benzene rings is 1. The van der Waals surface area contributed by atoms with E-state index in [1.54, 1.807) is 39.2 Å². The van der Waals surface area contributed by atoms with Gasteiger partial charge in [0.15, 0.2) is 0 Å². The van der Waals surface area contributed by atoms with Crippen molar-refractivity contribution in [3.63, 3.8) is 0 Å². The maximum Gasteiger partial charge on any atom is 0.316 e. The summed E-state index contributed by atoms with van der Waals surface area (Å²) >= 11 is 1.34. The second-order valence-corrected chi connectivity index (χ2v) is 8.98. The third kappa shape index (κ3) is 4.30. The Hall–Kier alpha value is -3.40. The topological polar surface area (TPSA) is 103 Å². The lowest BCUT2D eigenvalue weighted by molar-refractivity contribution is -0.148. The monoisotopic (exact) mass is 470 g/mol. The molecule has 3 aromatic rings. The molecule has 9 nitrogen and oxygen atoms in total. The van der Waals surface area contributed by atoms with E-state index >= 15 is 0 Å². The van der Waals surface area contributed by atoms with Crippen molar-refractivity contribution in [2.75, 3.05) is 29.9 Å². The molecule has 10 heteroatoms. The fourth-order valence-electron chi connectivity index (χ4n) is 4.18. The number of amides is 1. The molecule has 1 amide bonds. The van der Waals surface area contributed by atoms with Crippen LogP contribution in [-0.2, 0) is 23.6 Å². The standard InChI is InChI=1S/C23H26N4O5S/c1-4-32-23(31)14-7-9-27(10-8-14)16-13-18-17(25(2)21(29)22(30)26(18)3)12-15(16)24-20(28)19-6-5-11-33-19/h5-6,11-14H,4,7-10H2,1-3H3,(H,24,28). The summed E-state index contributed by atoms with van der Waals surface area (Å²) in [5, 5.41) is 4.80. The Morgan fingerprint density at radius 2 is 1.73 bits per heavy atom. The van der Waals surface area contributed by atoms with Crippen LogP contribution >= 0.6 is 11.3 Å². The number of fused-ring (bicyclic) bond motifs is 1. The number of carbonyl (C=O) groups is 2. The van der Waals surface area contributed by atoms with Crippen molar-refractivity contribution in [2.24, 2.45) is 20.0 Å². The molecule has 0 radical (unpaired) electrons. The van der Waals surface area contributed by atoms with Gasteiger partial charge in [-0.25, -0.2) is 0 Å². The Bertz CT molecular complexity index is 1320. The number of piperidine rings is 1. The summed E-state index contributed by atoms with van der Waals surface area (Å²) < 4.78 is 7.80. The normalized spacial score (nSPS) is 14.5. The van der Waals surface area contributed by atoms with Crippen LogP contribution in [0.25, 0.3) is 11.0 Å². The van der Waals surface area contributed by atoms with Gasteiger partial charge in [0.1, 0.15) is 0 Å². The Balaban J connectivity index is 1.76. The predicted octanol–water partition coefficient (Wildman–Crippen LogP) is 2.33. The number of thiophene rings is 1. The van der Waals surface area contributed by atoms with Gasteiger partial charge in [-0.15, -0.1) is 11.3 Å². The first kappa shape index (κ1) is 22.8. The molecule has 3 heterocycles. The van der Waals surface area contributed by atoms with Gasteiger partial charge >= 0.3 is 17.1 Å². The maximum absolute atomic E-state index is 12.8. The minimum atomic E-state index is -0.636. The highest BCUT2D eigenvalue weighted by Gasteiger charge is 2.28. The highest BCUT2D eigenvalue weighted by molar-refractivity contribution is 7.12. The molecule has 1 fully saturated rings. The molecular formula is C23H26N4O5S. The Morgan fingerprint density at radius 1 is 1.09 bits per heavy atom. The molecule has 0 atom stereocenters. The van der Waals surface area contributed by atoms with Gasteiger partial charge < -0.3 is 24.1 Å². The van der Waals surface area contributed by atoms with Crippen LogP contribution in [0.1, 0.15) is 29.4 Å². The quantitative estimate of drug-likeness (QED) is 0.454. The minimum absolute atomic E-state index is 0.156. The van der Waals surface area contributed by atoms with Gasteiger partial charge in [0, 0.05) is 27.2 Å². The zero-order valence-electron chi connectivity index (χ0n) is 18.8. The summed E-state index contributed by atoms with van der Waals surface area (Å²) in [7, 11) is 3.11. The minimum Gasteiger partial charge on any atom is -0.466 e. The van der Waals surface area contributed by atoms with Gasteiger partial charge in [0.05, 0.1) is 39.8 Å². The molecule has 0 spiro atoms. The molecule has 0 saturated carbocycles. The van der Waals surface area contributed by atoms with Crippen LogP contribution in [0.2, 0.25) is 0 Å². The lowest BCUT2D eigenvalue weighted by atomic mass is 9.96. The van der Waals surface area contributed by atoms with Crippen LogP contribution in [0.3, 0.4) is 0 Å². The molecule has 2 aromatic heterocycles. The number of hydrogen-bond acceptors (Lipinski definition) is 7. The van der Waals surface area contributed by atoms with E-state index in [0.717, 1.165) is 5.69 Å². The largest absolute Gasteiger partial charge is 0.466 e. The molecule has 1 aromatic carbocycles. The smallest absolute Gasteiger partial charge is 0.316 e. The van der Waals surface area contributed by atoms with Crippen molar-refractivity contribution in [3.05, 3.63) is 55.2 Å². The van der Waals surface area contributed by atoms with E-state index in [9.17, 15) is 19.2 Å². The van der Waals surface area contributed by atoms with Crippen LogP contribution < -0.4 is 21.3 Å².